The van der Waals surface area contributed by atoms with Gasteiger partial charge < -0.3 is 10.2 Å². The van der Waals surface area contributed by atoms with Crippen LogP contribution in [0.4, 0.5) is 11.8 Å². The van der Waals surface area contributed by atoms with E-state index in [1.807, 2.05) is 12.1 Å². The Morgan fingerprint density at radius 2 is 1.54 bits per heavy atom. The number of fused-ring (bicyclic) bond motifs is 2. The number of nitrogens with one attached hydrogen (secondary N) is 1. The molecule has 2 heterocycles. The molecule has 0 saturated carbocycles. The van der Waals surface area contributed by atoms with Crippen molar-refractivity contribution in [1.82, 2.24) is 9.97 Å². The van der Waals surface area contributed by atoms with Crippen molar-refractivity contribution < 1.29 is 0 Å². The van der Waals surface area contributed by atoms with Gasteiger partial charge in [0.25, 0.3) is 0 Å². The summed E-state index contributed by atoms with van der Waals surface area (Å²) in [6.45, 7) is 2.56. The van der Waals surface area contributed by atoms with Crippen LogP contribution in [-0.2, 0) is 19.5 Å². The Morgan fingerprint density at radius 3 is 2.43 bits per heavy atom. The van der Waals surface area contributed by atoms with Crippen molar-refractivity contribution in [2.24, 2.45) is 0 Å². The van der Waals surface area contributed by atoms with Crippen molar-refractivity contribution in [3.05, 3.63) is 95.6 Å². The first kappa shape index (κ1) is 16.8. The molecule has 0 radical (unpaired) electrons. The van der Waals surface area contributed by atoms with Crippen LogP contribution in [0.3, 0.4) is 0 Å². The molecule has 138 valence electrons. The van der Waals surface area contributed by atoms with E-state index in [0.717, 1.165) is 36.2 Å². The number of nitrogens with zero attached hydrogens (tertiary/aromatic N) is 3. The molecule has 1 aromatic heterocycles. The van der Waals surface area contributed by atoms with E-state index in [0.29, 0.717) is 12.5 Å². The maximum Gasteiger partial charge on any atom is 0.225 e. The normalized spacial score (nSPS) is 13.4. The number of benzene rings is 3. The fraction of sp³-hybridized carbons (Fsp3) is 0.167. The molecular weight excluding hydrogens is 344 g/mol. The largest absolute Gasteiger partial charge is 0.351 e. The van der Waals surface area contributed by atoms with Gasteiger partial charge in [0, 0.05) is 25.0 Å². The Kier molecular flexibility index (Phi) is 4.37. The first-order valence-corrected chi connectivity index (χ1v) is 9.73. The monoisotopic (exact) mass is 366 g/mol. The number of hydrogen-bond donors (Lipinski definition) is 1. The fourth-order valence-corrected chi connectivity index (χ4v) is 3.83. The van der Waals surface area contributed by atoms with Crippen LogP contribution in [0.5, 0.6) is 0 Å². The molecule has 0 unspecified atom stereocenters. The maximum atomic E-state index is 4.92. The molecule has 5 rings (SSSR count). The summed E-state index contributed by atoms with van der Waals surface area (Å²) in [6.07, 6.45) is 1.04. The smallest absolute Gasteiger partial charge is 0.225 e. The Labute approximate surface area is 164 Å². The van der Waals surface area contributed by atoms with E-state index in [-0.39, 0.29) is 0 Å². The van der Waals surface area contributed by atoms with Gasteiger partial charge in [0.15, 0.2) is 0 Å². The minimum Gasteiger partial charge on any atom is -0.351 e. The first-order chi connectivity index (χ1) is 13.9. The first-order valence-electron chi connectivity index (χ1n) is 9.73. The Balaban J connectivity index is 1.49. The third-order valence-electron chi connectivity index (χ3n) is 5.31. The topological polar surface area (TPSA) is 41.1 Å². The van der Waals surface area contributed by atoms with E-state index in [1.165, 1.54) is 16.7 Å². The van der Waals surface area contributed by atoms with Crippen LogP contribution < -0.4 is 10.2 Å². The number of hydrogen-bond acceptors (Lipinski definition) is 4. The van der Waals surface area contributed by atoms with Crippen molar-refractivity contribution in [2.75, 3.05) is 16.8 Å². The minimum atomic E-state index is 0.677. The molecule has 0 spiro atoms. The van der Waals surface area contributed by atoms with E-state index >= 15 is 0 Å². The van der Waals surface area contributed by atoms with Gasteiger partial charge in [0.1, 0.15) is 5.82 Å². The highest BCUT2D eigenvalue weighted by Gasteiger charge is 2.20. The lowest BCUT2D eigenvalue weighted by Crippen LogP contribution is -2.31. The second kappa shape index (κ2) is 7.31. The number of para-hydroxylation sites is 1. The van der Waals surface area contributed by atoms with Gasteiger partial charge in [-0.2, -0.15) is 4.98 Å². The minimum absolute atomic E-state index is 0.677. The predicted octanol–water partition coefficient (Wildman–Crippen LogP) is 4.80. The molecule has 1 aliphatic rings. The van der Waals surface area contributed by atoms with Crippen molar-refractivity contribution in [2.45, 2.75) is 19.5 Å². The Morgan fingerprint density at radius 1 is 0.786 bits per heavy atom. The van der Waals surface area contributed by atoms with Gasteiger partial charge >= 0.3 is 0 Å². The van der Waals surface area contributed by atoms with Crippen LogP contribution in [0.2, 0.25) is 0 Å². The Bertz CT molecular complexity index is 1110. The number of anilines is 2. The second-order valence-corrected chi connectivity index (χ2v) is 7.17. The summed E-state index contributed by atoms with van der Waals surface area (Å²) in [4.78, 5) is 12.0. The average molecular weight is 366 g/mol. The zero-order chi connectivity index (χ0) is 18.8. The van der Waals surface area contributed by atoms with Gasteiger partial charge in [-0.05, 0) is 35.2 Å². The zero-order valence-electron chi connectivity index (χ0n) is 15.7. The lowest BCUT2D eigenvalue weighted by atomic mass is 10.00. The van der Waals surface area contributed by atoms with Gasteiger partial charge in [-0.1, -0.05) is 66.7 Å². The van der Waals surface area contributed by atoms with Crippen molar-refractivity contribution >= 4 is 22.7 Å². The Hall–Kier alpha value is -3.40. The SMILES string of the molecule is c1ccc(CNc2nc(N3CCc4ccccc4C3)c3ccccc3n2)cc1. The molecule has 1 N–H and O–H groups in total. The molecule has 28 heavy (non-hydrogen) atoms. The summed E-state index contributed by atoms with van der Waals surface area (Å²) in [5.41, 5.74) is 5.02. The molecule has 0 amide bonds. The van der Waals surface area contributed by atoms with E-state index in [1.54, 1.807) is 0 Å². The van der Waals surface area contributed by atoms with Gasteiger partial charge in [0.05, 0.1) is 5.52 Å². The molecule has 4 nitrogen and oxygen atoms in total. The maximum absolute atomic E-state index is 4.92. The van der Waals surface area contributed by atoms with Crippen LogP contribution >= 0.6 is 0 Å². The third-order valence-corrected chi connectivity index (χ3v) is 5.31. The standard InChI is InChI=1S/C24H22N4/c1-2-8-18(9-3-1)16-25-24-26-22-13-7-6-12-21(22)23(27-24)28-15-14-19-10-4-5-11-20(19)17-28/h1-13H,14-17H2,(H,25,26,27). The van der Waals surface area contributed by atoms with Crippen molar-refractivity contribution in [3.63, 3.8) is 0 Å². The van der Waals surface area contributed by atoms with Gasteiger partial charge in [0.2, 0.25) is 5.95 Å². The van der Waals surface area contributed by atoms with E-state index in [9.17, 15) is 0 Å². The zero-order valence-corrected chi connectivity index (χ0v) is 15.7. The summed E-state index contributed by atoms with van der Waals surface area (Å²) in [6, 6.07) is 27.3. The van der Waals surface area contributed by atoms with Crippen LogP contribution in [0.25, 0.3) is 10.9 Å². The molecule has 0 aliphatic carbocycles. The van der Waals surface area contributed by atoms with Crippen molar-refractivity contribution in [3.8, 4) is 0 Å². The molecule has 4 aromatic rings. The van der Waals surface area contributed by atoms with Crippen LogP contribution in [0.1, 0.15) is 16.7 Å². The highest BCUT2D eigenvalue weighted by Crippen LogP contribution is 2.29. The van der Waals surface area contributed by atoms with Gasteiger partial charge in [-0.3, -0.25) is 0 Å². The molecule has 0 atom stereocenters. The molecule has 0 fully saturated rings. The fourth-order valence-electron chi connectivity index (χ4n) is 3.83. The van der Waals surface area contributed by atoms with E-state index in [4.69, 9.17) is 9.97 Å². The molecule has 1 aliphatic heterocycles. The summed E-state index contributed by atoms with van der Waals surface area (Å²) in [5.74, 6) is 1.69. The highest BCUT2D eigenvalue weighted by atomic mass is 15.2. The third kappa shape index (κ3) is 3.29. The molecular formula is C24H22N4. The predicted molar refractivity (Wildman–Crippen MR) is 115 cm³/mol. The van der Waals surface area contributed by atoms with Crippen LogP contribution in [0, 0.1) is 0 Å². The molecule has 0 saturated heterocycles. The van der Waals surface area contributed by atoms with E-state index < -0.39 is 0 Å². The average Bonchev–Trinajstić information content (AvgIpc) is 2.77. The lowest BCUT2D eigenvalue weighted by molar-refractivity contribution is 0.723. The van der Waals surface area contributed by atoms with Gasteiger partial charge in [-0.25, -0.2) is 4.98 Å². The molecule has 3 aromatic carbocycles. The summed E-state index contributed by atoms with van der Waals surface area (Å²) in [7, 11) is 0. The summed E-state index contributed by atoms with van der Waals surface area (Å²) >= 11 is 0. The van der Waals surface area contributed by atoms with Gasteiger partial charge in [-0.15, -0.1) is 0 Å². The number of rotatable bonds is 4. The lowest BCUT2D eigenvalue weighted by Gasteiger charge is -2.30. The summed E-state index contributed by atoms with van der Waals surface area (Å²) in [5, 5.41) is 4.51. The quantitative estimate of drug-likeness (QED) is 0.563. The van der Waals surface area contributed by atoms with Crippen LogP contribution in [0.15, 0.2) is 78.9 Å². The highest BCUT2D eigenvalue weighted by molar-refractivity contribution is 5.90. The van der Waals surface area contributed by atoms with E-state index in [2.05, 4.69) is 76.9 Å². The molecule has 4 heteroatoms. The second-order valence-electron chi connectivity index (χ2n) is 7.17. The van der Waals surface area contributed by atoms with Crippen LogP contribution in [-0.4, -0.2) is 16.5 Å². The molecule has 0 bridgehead atoms. The summed E-state index contributed by atoms with van der Waals surface area (Å²) < 4.78 is 0. The van der Waals surface area contributed by atoms with Crippen molar-refractivity contribution in [1.29, 1.82) is 0 Å². The number of aromatic nitrogens is 2.